The van der Waals surface area contributed by atoms with E-state index in [0.717, 1.165) is 23.7 Å². The van der Waals surface area contributed by atoms with Gasteiger partial charge in [-0.05, 0) is 25.2 Å². The van der Waals surface area contributed by atoms with Crippen molar-refractivity contribution in [1.82, 2.24) is 19.5 Å². The monoisotopic (exact) mass is 292 g/mol. The van der Waals surface area contributed by atoms with Crippen LogP contribution in [-0.4, -0.2) is 37.7 Å². The molecular formula is C13H16N4O2S. The fourth-order valence-electron chi connectivity index (χ4n) is 2.38. The quantitative estimate of drug-likeness (QED) is 0.782. The zero-order valence-electron chi connectivity index (χ0n) is 11.4. The van der Waals surface area contributed by atoms with Crippen molar-refractivity contribution >= 4 is 16.3 Å². The van der Waals surface area contributed by atoms with Gasteiger partial charge in [0, 0.05) is 0 Å². The molecular weight excluding hydrogens is 276 g/mol. The van der Waals surface area contributed by atoms with Crippen molar-refractivity contribution in [3.05, 3.63) is 35.4 Å². The molecule has 7 heteroatoms. The van der Waals surface area contributed by atoms with E-state index in [1.165, 1.54) is 22.2 Å². The summed E-state index contributed by atoms with van der Waals surface area (Å²) in [6.45, 7) is 5.89. The van der Waals surface area contributed by atoms with Crippen molar-refractivity contribution in [2.75, 3.05) is 13.1 Å². The highest BCUT2D eigenvalue weighted by Gasteiger charge is 2.29. The zero-order valence-corrected chi connectivity index (χ0v) is 12.2. The van der Waals surface area contributed by atoms with Crippen molar-refractivity contribution in [2.45, 2.75) is 19.9 Å². The Labute approximate surface area is 120 Å². The van der Waals surface area contributed by atoms with Crippen molar-refractivity contribution in [3.8, 4) is 5.88 Å². The van der Waals surface area contributed by atoms with Crippen LogP contribution in [0.15, 0.2) is 29.1 Å². The first-order chi connectivity index (χ1) is 9.76. The van der Waals surface area contributed by atoms with E-state index < -0.39 is 0 Å². The highest BCUT2D eigenvalue weighted by Crippen LogP contribution is 2.39. The fraction of sp³-hybridized carbons (Fsp3) is 0.385. The minimum Gasteiger partial charge on any atom is -0.492 e. The minimum atomic E-state index is -0.117. The van der Waals surface area contributed by atoms with Gasteiger partial charge in [0.1, 0.15) is 18.1 Å². The van der Waals surface area contributed by atoms with E-state index in [0.29, 0.717) is 4.96 Å². The van der Waals surface area contributed by atoms with Crippen LogP contribution in [0.25, 0.3) is 4.96 Å². The molecule has 0 saturated carbocycles. The maximum Gasteiger partial charge on any atom is 0.230 e. The first-order valence-corrected chi connectivity index (χ1v) is 7.36. The van der Waals surface area contributed by atoms with Crippen molar-refractivity contribution < 1.29 is 9.52 Å². The van der Waals surface area contributed by atoms with Gasteiger partial charge >= 0.3 is 0 Å². The molecule has 0 fully saturated rings. The summed E-state index contributed by atoms with van der Waals surface area (Å²) in [5, 5.41) is 14.4. The Bertz CT molecular complexity index is 684. The van der Waals surface area contributed by atoms with Gasteiger partial charge in [0.2, 0.25) is 10.8 Å². The van der Waals surface area contributed by atoms with E-state index in [1.54, 1.807) is 6.26 Å². The smallest absolute Gasteiger partial charge is 0.230 e. The highest BCUT2D eigenvalue weighted by atomic mass is 32.1. The molecule has 0 spiro atoms. The molecule has 0 aliphatic carbocycles. The lowest BCUT2D eigenvalue weighted by molar-refractivity contribution is 0.222. The van der Waals surface area contributed by atoms with Crippen molar-refractivity contribution in [3.63, 3.8) is 0 Å². The molecule has 0 bridgehead atoms. The third kappa shape index (κ3) is 1.99. The lowest BCUT2D eigenvalue weighted by Gasteiger charge is -2.26. The average molecular weight is 292 g/mol. The van der Waals surface area contributed by atoms with E-state index in [9.17, 15) is 5.11 Å². The third-order valence-electron chi connectivity index (χ3n) is 3.38. The van der Waals surface area contributed by atoms with Crippen LogP contribution in [0, 0.1) is 0 Å². The van der Waals surface area contributed by atoms with Crippen LogP contribution in [0.1, 0.15) is 30.5 Å². The molecule has 1 atom stereocenters. The van der Waals surface area contributed by atoms with Crippen molar-refractivity contribution in [1.29, 1.82) is 0 Å². The second-order valence-electron chi connectivity index (χ2n) is 4.38. The largest absolute Gasteiger partial charge is 0.492 e. The van der Waals surface area contributed by atoms with Gasteiger partial charge in [0.05, 0.1) is 11.1 Å². The van der Waals surface area contributed by atoms with E-state index in [-0.39, 0.29) is 11.9 Å². The molecule has 3 heterocycles. The molecule has 0 radical (unpaired) electrons. The number of hydrogen-bond donors (Lipinski definition) is 1. The Balaban J connectivity index is 2.13. The van der Waals surface area contributed by atoms with Crippen LogP contribution >= 0.6 is 11.3 Å². The van der Waals surface area contributed by atoms with Gasteiger partial charge in [0.15, 0.2) is 0 Å². The second kappa shape index (κ2) is 5.26. The molecule has 3 aromatic rings. The van der Waals surface area contributed by atoms with Gasteiger partial charge in [-0.2, -0.15) is 9.61 Å². The Hall–Kier alpha value is -1.86. The van der Waals surface area contributed by atoms with Crippen LogP contribution in [-0.2, 0) is 0 Å². The maximum absolute atomic E-state index is 10.4. The molecule has 20 heavy (non-hydrogen) atoms. The number of furan rings is 1. The summed E-state index contributed by atoms with van der Waals surface area (Å²) in [5.41, 5.74) is 0. The van der Waals surface area contributed by atoms with E-state index >= 15 is 0 Å². The Morgan fingerprint density at radius 2 is 2.25 bits per heavy atom. The normalized spacial score (nSPS) is 13.3. The SMILES string of the molecule is CCN(CC)C(c1ccco1)c1sc2ncnn2c1O. The van der Waals surface area contributed by atoms with Gasteiger partial charge in [-0.1, -0.05) is 25.2 Å². The number of rotatable bonds is 5. The Kier molecular flexibility index (Phi) is 3.45. The van der Waals surface area contributed by atoms with Crippen LogP contribution in [0.5, 0.6) is 5.88 Å². The molecule has 106 valence electrons. The van der Waals surface area contributed by atoms with Gasteiger partial charge in [-0.3, -0.25) is 4.90 Å². The molecule has 3 rings (SSSR count). The summed E-state index contributed by atoms with van der Waals surface area (Å²) in [5.74, 6) is 0.948. The number of aromatic hydroxyl groups is 1. The summed E-state index contributed by atoms with van der Waals surface area (Å²) in [6.07, 6.45) is 3.09. The molecule has 1 N–H and O–H groups in total. The molecule has 1 unspecified atom stereocenters. The Morgan fingerprint density at radius 1 is 1.45 bits per heavy atom. The first kappa shape index (κ1) is 13.1. The summed E-state index contributed by atoms with van der Waals surface area (Å²) in [7, 11) is 0. The van der Waals surface area contributed by atoms with Crippen molar-refractivity contribution in [2.24, 2.45) is 0 Å². The predicted molar refractivity (Wildman–Crippen MR) is 76.0 cm³/mol. The standard InChI is InChI=1S/C13H16N4O2S/c1-3-16(4-2)10(9-6-5-7-19-9)11-12(18)17-13(20-11)14-8-15-17/h5-8,10,18H,3-4H2,1-2H3. The van der Waals surface area contributed by atoms with Gasteiger partial charge in [0.25, 0.3) is 0 Å². The molecule has 0 amide bonds. The third-order valence-corrected chi connectivity index (χ3v) is 4.46. The lowest BCUT2D eigenvalue weighted by atomic mass is 10.1. The summed E-state index contributed by atoms with van der Waals surface area (Å²) in [6, 6.07) is 3.67. The van der Waals surface area contributed by atoms with Gasteiger partial charge in [-0.15, -0.1) is 0 Å². The van der Waals surface area contributed by atoms with E-state index in [4.69, 9.17) is 4.42 Å². The number of thiazole rings is 1. The van der Waals surface area contributed by atoms with Crippen LogP contribution in [0.4, 0.5) is 0 Å². The Morgan fingerprint density at radius 3 is 2.85 bits per heavy atom. The molecule has 0 aromatic carbocycles. The van der Waals surface area contributed by atoms with E-state index in [2.05, 4.69) is 28.8 Å². The second-order valence-corrected chi connectivity index (χ2v) is 5.39. The summed E-state index contributed by atoms with van der Waals surface area (Å²) in [4.78, 5) is 7.85. The van der Waals surface area contributed by atoms with E-state index in [1.807, 2.05) is 12.1 Å². The molecule has 0 saturated heterocycles. The van der Waals surface area contributed by atoms with Gasteiger partial charge < -0.3 is 9.52 Å². The first-order valence-electron chi connectivity index (χ1n) is 6.55. The summed E-state index contributed by atoms with van der Waals surface area (Å²) >= 11 is 1.43. The average Bonchev–Trinajstić information content (AvgIpc) is 3.16. The molecule has 3 aromatic heterocycles. The van der Waals surface area contributed by atoms with Crippen LogP contribution in [0.3, 0.4) is 0 Å². The molecule has 0 aliphatic rings. The molecule has 6 nitrogen and oxygen atoms in total. The molecule has 0 aliphatic heterocycles. The predicted octanol–water partition coefficient (Wildman–Crippen LogP) is 2.52. The topological polar surface area (TPSA) is 66.8 Å². The number of hydrogen-bond acceptors (Lipinski definition) is 6. The van der Waals surface area contributed by atoms with Crippen LogP contribution < -0.4 is 0 Å². The lowest BCUT2D eigenvalue weighted by Crippen LogP contribution is -2.28. The fourth-order valence-corrected chi connectivity index (χ4v) is 3.45. The number of aromatic nitrogens is 3. The maximum atomic E-state index is 10.4. The van der Waals surface area contributed by atoms with Crippen LogP contribution in [0.2, 0.25) is 0 Å². The summed E-state index contributed by atoms with van der Waals surface area (Å²) < 4.78 is 7.02. The van der Waals surface area contributed by atoms with Gasteiger partial charge in [-0.25, -0.2) is 4.98 Å². The highest BCUT2D eigenvalue weighted by molar-refractivity contribution is 7.17. The number of fused-ring (bicyclic) bond motifs is 1. The zero-order chi connectivity index (χ0) is 14.1. The minimum absolute atomic E-state index is 0.117. The number of nitrogens with zero attached hydrogens (tertiary/aromatic N) is 4.